The number of aromatic nitrogens is 1. The van der Waals surface area contributed by atoms with Crippen molar-refractivity contribution in [3.63, 3.8) is 0 Å². The Hall–Kier alpha value is -0.960. The molecule has 1 aromatic rings. The summed E-state index contributed by atoms with van der Waals surface area (Å²) in [6.45, 7) is 0.807. The van der Waals surface area contributed by atoms with Gasteiger partial charge in [-0.15, -0.1) is 9.60 Å². The molecule has 0 saturated carbocycles. The third-order valence-corrected chi connectivity index (χ3v) is 1.69. The van der Waals surface area contributed by atoms with E-state index in [1.807, 2.05) is 6.07 Å². The largest absolute Gasteiger partial charge is 0.264 e. The summed E-state index contributed by atoms with van der Waals surface area (Å²) in [5, 5.41) is 0.784. The van der Waals surface area contributed by atoms with E-state index in [1.54, 1.807) is 12.4 Å². The Bertz CT molecular complexity index is 224. The minimum Gasteiger partial charge on any atom is -0.264 e. The second-order valence-electron chi connectivity index (χ2n) is 2.42. The van der Waals surface area contributed by atoms with E-state index in [0.29, 0.717) is 13.1 Å². The maximum atomic E-state index is 12.5. The maximum absolute atomic E-state index is 12.5. The number of fused-ring (bicyclic) bond motifs is 1. The maximum Gasteiger partial charge on any atom is 0.0563 e. The van der Waals surface area contributed by atoms with Gasteiger partial charge in [-0.3, -0.25) is 4.98 Å². The molecule has 52 valence electrons. The van der Waals surface area contributed by atoms with Crippen molar-refractivity contribution in [1.82, 2.24) is 10.1 Å². The summed E-state index contributed by atoms with van der Waals surface area (Å²) >= 11 is 0. The summed E-state index contributed by atoms with van der Waals surface area (Å²) in [5.74, 6) is 0. The van der Waals surface area contributed by atoms with Crippen molar-refractivity contribution in [2.24, 2.45) is 0 Å². The highest BCUT2D eigenvalue weighted by atomic mass is 19.2. The average molecular weight is 138 g/mol. The van der Waals surface area contributed by atoms with E-state index in [9.17, 15) is 4.48 Å². The number of hydrogen-bond donors (Lipinski definition) is 0. The van der Waals surface area contributed by atoms with Crippen LogP contribution in [0.3, 0.4) is 0 Å². The Labute approximate surface area is 58.2 Å². The van der Waals surface area contributed by atoms with Gasteiger partial charge in [0.1, 0.15) is 0 Å². The minimum atomic E-state index is 0.392. The van der Waals surface area contributed by atoms with Crippen LogP contribution in [0, 0.1) is 0 Å². The van der Waals surface area contributed by atoms with Gasteiger partial charge in [0.05, 0.1) is 13.1 Å². The first kappa shape index (κ1) is 5.80. The Kier molecular flexibility index (Phi) is 1.17. The molecule has 0 bridgehead atoms. The summed E-state index contributed by atoms with van der Waals surface area (Å²) in [7, 11) is 0. The third-order valence-electron chi connectivity index (χ3n) is 1.69. The lowest BCUT2D eigenvalue weighted by Crippen LogP contribution is -2.00. The van der Waals surface area contributed by atoms with Gasteiger partial charge >= 0.3 is 0 Å². The van der Waals surface area contributed by atoms with Gasteiger partial charge in [-0.1, -0.05) is 0 Å². The highest BCUT2D eigenvalue weighted by Gasteiger charge is 2.17. The highest BCUT2D eigenvalue weighted by molar-refractivity contribution is 5.25. The van der Waals surface area contributed by atoms with Crippen LogP contribution in [-0.4, -0.2) is 10.1 Å². The minimum absolute atomic E-state index is 0.392. The lowest BCUT2D eigenvalue weighted by molar-refractivity contribution is 0.0211. The standard InChI is InChI=1S/C7H7FN2/c8-10-4-6-1-2-9-3-7(6)5-10/h1-3H,4-5H2. The first-order chi connectivity index (χ1) is 4.86. The number of nitrogens with zero attached hydrogens (tertiary/aromatic N) is 2. The molecule has 0 fully saturated rings. The molecule has 0 radical (unpaired) electrons. The first-order valence-corrected chi connectivity index (χ1v) is 3.19. The van der Waals surface area contributed by atoms with Crippen molar-refractivity contribution in [2.45, 2.75) is 13.1 Å². The third kappa shape index (κ3) is 0.789. The average Bonchev–Trinajstić information content (AvgIpc) is 2.27. The van der Waals surface area contributed by atoms with Gasteiger partial charge in [0.25, 0.3) is 0 Å². The molecule has 2 nitrogen and oxygen atoms in total. The quantitative estimate of drug-likeness (QED) is 0.502. The molecule has 0 saturated heterocycles. The van der Waals surface area contributed by atoms with Crippen LogP contribution >= 0.6 is 0 Å². The van der Waals surface area contributed by atoms with Crippen LogP contribution in [0.1, 0.15) is 11.1 Å². The molecule has 0 unspecified atom stereocenters. The van der Waals surface area contributed by atoms with E-state index in [2.05, 4.69) is 4.98 Å². The number of halogens is 1. The topological polar surface area (TPSA) is 16.1 Å². The summed E-state index contributed by atoms with van der Waals surface area (Å²) < 4.78 is 12.5. The van der Waals surface area contributed by atoms with Crippen molar-refractivity contribution in [1.29, 1.82) is 0 Å². The summed E-state index contributed by atoms with van der Waals surface area (Å²) in [4.78, 5) is 3.90. The van der Waals surface area contributed by atoms with Gasteiger partial charge < -0.3 is 0 Å². The molecule has 0 amide bonds. The fraction of sp³-hybridized carbons (Fsp3) is 0.286. The second kappa shape index (κ2) is 2.02. The molecular weight excluding hydrogens is 131 g/mol. The first-order valence-electron chi connectivity index (χ1n) is 3.19. The van der Waals surface area contributed by atoms with Gasteiger partial charge in [-0.25, -0.2) is 0 Å². The van der Waals surface area contributed by atoms with Crippen molar-refractivity contribution >= 4 is 0 Å². The van der Waals surface area contributed by atoms with E-state index in [-0.39, 0.29) is 0 Å². The molecule has 1 aliphatic rings. The van der Waals surface area contributed by atoms with Crippen molar-refractivity contribution in [2.75, 3.05) is 0 Å². The van der Waals surface area contributed by atoms with Gasteiger partial charge in [-0.05, 0) is 17.2 Å². The smallest absolute Gasteiger partial charge is 0.0563 e. The molecule has 0 N–H and O–H groups in total. The summed E-state index contributed by atoms with van der Waals surface area (Å²) in [5.41, 5.74) is 2.06. The van der Waals surface area contributed by atoms with E-state index >= 15 is 0 Å². The molecule has 0 aromatic carbocycles. The van der Waals surface area contributed by atoms with Crippen LogP contribution in [0.15, 0.2) is 18.5 Å². The zero-order valence-corrected chi connectivity index (χ0v) is 5.42. The lowest BCUT2D eigenvalue weighted by atomic mass is 10.2. The molecule has 1 aliphatic heterocycles. The molecule has 10 heavy (non-hydrogen) atoms. The van der Waals surface area contributed by atoms with E-state index < -0.39 is 0 Å². The van der Waals surface area contributed by atoms with Crippen LogP contribution < -0.4 is 0 Å². The van der Waals surface area contributed by atoms with Crippen LogP contribution in [-0.2, 0) is 13.1 Å². The van der Waals surface area contributed by atoms with Crippen LogP contribution in [0.2, 0.25) is 0 Å². The fourth-order valence-corrected chi connectivity index (χ4v) is 1.18. The fourth-order valence-electron chi connectivity index (χ4n) is 1.18. The van der Waals surface area contributed by atoms with Crippen molar-refractivity contribution < 1.29 is 4.48 Å². The molecule has 2 rings (SSSR count). The molecule has 3 heteroatoms. The molecular formula is C7H7FN2. The normalized spacial score (nSPS) is 17.3. The molecule has 0 atom stereocenters. The van der Waals surface area contributed by atoms with Gasteiger partial charge in [0, 0.05) is 12.4 Å². The lowest BCUT2D eigenvalue weighted by Gasteiger charge is -1.95. The van der Waals surface area contributed by atoms with Crippen LogP contribution in [0.5, 0.6) is 0 Å². The number of rotatable bonds is 0. The Morgan fingerprint density at radius 2 is 2.20 bits per heavy atom. The molecule has 2 heterocycles. The van der Waals surface area contributed by atoms with E-state index in [1.165, 1.54) is 0 Å². The summed E-state index contributed by atoms with van der Waals surface area (Å²) in [6, 6.07) is 1.86. The Balaban J connectivity index is 2.42. The number of hydrogen-bond acceptors (Lipinski definition) is 2. The van der Waals surface area contributed by atoms with Crippen LogP contribution in [0.4, 0.5) is 4.48 Å². The monoisotopic (exact) mass is 138 g/mol. The molecule has 0 spiro atoms. The SMILES string of the molecule is FN1Cc2ccncc2C1. The summed E-state index contributed by atoms with van der Waals surface area (Å²) in [6.07, 6.45) is 3.41. The second-order valence-corrected chi connectivity index (χ2v) is 2.42. The zero-order valence-electron chi connectivity index (χ0n) is 5.42. The van der Waals surface area contributed by atoms with E-state index in [4.69, 9.17) is 0 Å². The predicted octanol–water partition coefficient (Wildman–Crippen LogP) is 1.28. The number of pyridine rings is 1. The van der Waals surface area contributed by atoms with Gasteiger partial charge in [-0.2, -0.15) is 0 Å². The van der Waals surface area contributed by atoms with Crippen molar-refractivity contribution in [3.8, 4) is 0 Å². The molecule has 1 aromatic heterocycles. The molecule has 0 aliphatic carbocycles. The van der Waals surface area contributed by atoms with Gasteiger partial charge in [0.15, 0.2) is 0 Å². The van der Waals surface area contributed by atoms with Crippen LogP contribution in [0.25, 0.3) is 0 Å². The van der Waals surface area contributed by atoms with Crippen molar-refractivity contribution in [3.05, 3.63) is 29.6 Å². The van der Waals surface area contributed by atoms with E-state index in [0.717, 1.165) is 16.2 Å². The predicted molar refractivity (Wildman–Crippen MR) is 34.6 cm³/mol. The van der Waals surface area contributed by atoms with Gasteiger partial charge in [0.2, 0.25) is 0 Å². The Morgan fingerprint density at radius 3 is 3.00 bits per heavy atom. The Morgan fingerprint density at radius 1 is 1.40 bits per heavy atom. The highest BCUT2D eigenvalue weighted by Crippen LogP contribution is 2.20. The zero-order chi connectivity index (χ0) is 6.97.